The van der Waals surface area contributed by atoms with E-state index in [0.29, 0.717) is 12.8 Å². The molecular weight excluding hydrogens is 485 g/mol. The zero-order chi connectivity index (χ0) is 25.7. The fourth-order valence-corrected chi connectivity index (χ4v) is 4.80. The van der Waals surface area contributed by atoms with Crippen LogP contribution in [-0.2, 0) is 14.3 Å². The van der Waals surface area contributed by atoms with Gasteiger partial charge in [0.25, 0.3) is 0 Å². The molecule has 0 saturated heterocycles. The zero-order valence-corrected chi connectivity index (χ0v) is 24.7. The van der Waals surface area contributed by atoms with Crippen LogP contribution in [0.25, 0.3) is 0 Å². The van der Waals surface area contributed by atoms with E-state index in [1.165, 1.54) is 141 Å². The van der Waals surface area contributed by atoms with Crippen LogP contribution >= 0.6 is 0 Å². The molecule has 0 heterocycles. The molecule has 3 N–H and O–H groups in total. The molecule has 0 saturated carbocycles. The standard InChI is InChI=1S/C32H62O3.K.H3N.H/c1-3-5-7-9-11-13-15-16-17-18-20-22-24-26-28-30-32(34)35-31(33)29-27-25-23-21-19-14-12-10-8-6-4-2;;;/h3-30H2,1-2H3;;1H3;. The van der Waals surface area contributed by atoms with Gasteiger partial charge in [-0.25, -0.2) is 0 Å². The quantitative estimate of drug-likeness (QED) is 0.0454. The normalized spacial score (nSPS) is 10.5. The van der Waals surface area contributed by atoms with Crippen LogP contribution in [0.15, 0.2) is 0 Å². The van der Waals surface area contributed by atoms with Gasteiger partial charge < -0.3 is 10.9 Å². The van der Waals surface area contributed by atoms with Crippen LogP contribution < -0.4 is 6.15 Å². The second-order valence-corrected chi connectivity index (χ2v) is 10.8. The van der Waals surface area contributed by atoms with Gasteiger partial charge in [0.05, 0.1) is 0 Å². The fourth-order valence-electron chi connectivity index (χ4n) is 4.80. The third kappa shape index (κ3) is 36.7. The Kier molecular flexibility index (Phi) is 41.9. The van der Waals surface area contributed by atoms with Crippen molar-refractivity contribution in [3.8, 4) is 0 Å². The molecule has 37 heavy (non-hydrogen) atoms. The van der Waals surface area contributed by atoms with Gasteiger partial charge >= 0.3 is 63.3 Å². The van der Waals surface area contributed by atoms with E-state index in [4.69, 9.17) is 4.74 Å². The third-order valence-corrected chi connectivity index (χ3v) is 7.20. The monoisotopic (exact) mass is 551 g/mol. The molecule has 0 bridgehead atoms. The van der Waals surface area contributed by atoms with E-state index in [9.17, 15) is 9.59 Å². The minimum absolute atomic E-state index is 0. The summed E-state index contributed by atoms with van der Waals surface area (Å²) in [6, 6.07) is 0. The Balaban J connectivity index is -0.00000578. The molecule has 0 aromatic rings. The molecule has 218 valence electrons. The maximum atomic E-state index is 11.8. The fraction of sp³-hybridized carbons (Fsp3) is 0.938. The molecule has 4 nitrogen and oxygen atoms in total. The SMILES string of the molecule is CCCCCCCCCCCCCCCCCC(=O)OC(=O)CCCCCCCCCCCCC.N.[KH]. The van der Waals surface area contributed by atoms with E-state index < -0.39 is 0 Å². The Labute approximate surface area is 275 Å². The van der Waals surface area contributed by atoms with Crippen molar-refractivity contribution in [3.05, 3.63) is 0 Å². The summed E-state index contributed by atoms with van der Waals surface area (Å²) in [4.78, 5) is 23.7. The number of carbonyl (C=O) groups excluding carboxylic acids is 2. The molecule has 0 amide bonds. The van der Waals surface area contributed by atoms with Crippen LogP contribution in [0.2, 0.25) is 0 Å². The van der Waals surface area contributed by atoms with Crippen molar-refractivity contribution in [2.75, 3.05) is 0 Å². The molecule has 0 radical (unpaired) electrons. The summed E-state index contributed by atoms with van der Waals surface area (Å²) in [5.41, 5.74) is 0. The van der Waals surface area contributed by atoms with Gasteiger partial charge in [0.2, 0.25) is 0 Å². The Hall–Kier alpha value is 0.736. The summed E-state index contributed by atoms with van der Waals surface area (Å²) < 4.78 is 4.98. The molecule has 0 aromatic heterocycles. The van der Waals surface area contributed by atoms with Gasteiger partial charge in [-0.2, -0.15) is 0 Å². The van der Waals surface area contributed by atoms with E-state index in [2.05, 4.69) is 13.8 Å². The van der Waals surface area contributed by atoms with Gasteiger partial charge in [0, 0.05) is 12.8 Å². The molecule has 0 aliphatic carbocycles. The first kappa shape index (κ1) is 42.2. The second kappa shape index (κ2) is 36.7. The van der Waals surface area contributed by atoms with Crippen molar-refractivity contribution >= 4 is 63.3 Å². The van der Waals surface area contributed by atoms with Crippen molar-refractivity contribution in [1.82, 2.24) is 6.15 Å². The summed E-state index contributed by atoms with van der Waals surface area (Å²) in [7, 11) is 0. The van der Waals surface area contributed by atoms with E-state index in [1.807, 2.05) is 0 Å². The first-order chi connectivity index (χ1) is 17.2. The average Bonchev–Trinajstić information content (AvgIpc) is 2.85. The van der Waals surface area contributed by atoms with Crippen molar-refractivity contribution in [3.63, 3.8) is 0 Å². The molecule has 0 atom stereocenters. The van der Waals surface area contributed by atoms with Gasteiger partial charge in [0.1, 0.15) is 0 Å². The minimum atomic E-state index is -0.327. The first-order valence-electron chi connectivity index (χ1n) is 15.9. The molecule has 0 unspecified atom stereocenters. The number of hydrogen-bond acceptors (Lipinski definition) is 4. The molecule has 0 spiro atoms. The van der Waals surface area contributed by atoms with Gasteiger partial charge in [-0.1, -0.05) is 168 Å². The van der Waals surface area contributed by atoms with Crippen molar-refractivity contribution in [1.29, 1.82) is 0 Å². The van der Waals surface area contributed by atoms with Gasteiger partial charge in [0.15, 0.2) is 0 Å². The van der Waals surface area contributed by atoms with Crippen LogP contribution in [0.1, 0.15) is 194 Å². The predicted octanol–water partition coefficient (Wildman–Crippen LogP) is 10.5. The Morgan fingerprint density at radius 1 is 0.378 bits per heavy atom. The third-order valence-electron chi connectivity index (χ3n) is 7.20. The number of rotatable bonds is 28. The summed E-state index contributed by atoms with van der Waals surface area (Å²) in [5.74, 6) is -0.653. The molecule has 0 aliphatic rings. The van der Waals surface area contributed by atoms with Crippen LogP contribution in [0.4, 0.5) is 0 Å². The zero-order valence-electron chi connectivity index (χ0n) is 24.7. The summed E-state index contributed by atoms with van der Waals surface area (Å²) in [6.07, 6.45) is 34.3. The molecule has 0 fully saturated rings. The first-order valence-corrected chi connectivity index (χ1v) is 15.9. The molecule has 0 aromatic carbocycles. The second-order valence-electron chi connectivity index (χ2n) is 10.8. The number of carbonyl (C=O) groups is 2. The van der Waals surface area contributed by atoms with Crippen molar-refractivity contribution in [2.45, 2.75) is 194 Å². The summed E-state index contributed by atoms with van der Waals surface area (Å²) in [5, 5.41) is 0. The Morgan fingerprint density at radius 3 is 0.784 bits per heavy atom. The molecule has 0 rings (SSSR count). The number of esters is 2. The van der Waals surface area contributed by atoms with Crippen LogP contribution in [0.5, 0.6) is 0 Å². The number of hydrogen-bond donors (Lipinski definition) is 1. The maximum absolute atomic E-state index is 11.8. The summed E-state index contributed by atoms with van der Waals surface area (Å²) >= 11 is 0. The van der Waals surface area contributed by atoms with Gasteiger partial charge in [-0.15, -0.1) is 0 Å². The molecular formula is C32H66KNO3. The van der Waals surface area contributed by atoms with E-state index >= 15 is 0 Å². The van der Waals surface area contributed by atoms with Crippen molar-refractivity contribution in [2.24, 2.45) is 0 Å². The molecule has 0 aliphatic heterocycles. The van der Waals surface area contributed by atoms with Crippen LogP contribution in [-0.4, -0.2) is 63.3 Å². The Morgan fingerprint density at radius 2 is 0.568 bits per heavy atom. The Bertz CT molecular complexity index is 459. The average molecular weight is 552 g/mol. The summed E-state index contributed by atoms with van der Waals surface area (Å²) in [6.45, 7) is 4.53. The van der Waals surface area contributed by atoms with Gasteiger partial charge in [-0.3, -0.25) is 9.59 Å². The predicted molar refractivity (Wildman–Crippen MR) is 164 cm³/mol. The van der Waals surface area contributed by atoms with E-state index in [1.54, 1.807) is 0 Å². The molecule has 5 heteroatoms. The number of ether oxygens (including phenoxy) is 1. The van der Waals surface area contributed by atoms with Crippen LogP contribution in [0.3, 0.4) is 0 Å². The number of unbranched alkanes of at least 4 members (excludes halogenated alkanes) is 24. The van der Waals surface area contributed by atoms with E-state index in [0.717, 1.165) is 25.7 Å². The van der Waals surface area contributed by atoms with Crippen molar-refractivity contribution < 1.29 is 14.3 Å². The van der Waals surface area contributed by atoms with Gasteiger partial charge in [-0.05, 0) is 12.8 Å². The van der Waals surface area contributed by atoms with E-state index in [-0.39, 0.29) is 69.5 Å². The van der Waals surface area contributed by atoms with Crippen LogP contribution in [0, 0.1) is 0 Å². The topological polar surface area (TPSA) is 78.4 Å².